The SMILES string of the molecule is CS(=O)(=O)c1ccc(-c2nn(-c3cnccn3)cc2Sc2ccc(Cl)cc2)cc1. The summed E-state index contributed by atoms with van der Waals surface area (Å²) in [5, 5.41) is 5.34. The van der Waals surface area contributed by atoms with E-state index >= 15 is 0 Å². The van der Waals surface area contributed by atoms with Crippen LogP contribution < -0.4 is 0 Å². The van der Waals surface area contributed by atoms with Crippen molar-refractivity contribution in [3.63, 3.8) is 0 Å². The van der Waals surface area contributed by atoms with Gasteiger partial charge in [-0.05, 0) is 36.4 Å². The summed E-state index contributed by atoms with van der Waals surface area (Å²) in [4.78, 5) is 10.5. The molecular weight excluding hydrogens is 428 g/mol. The third-order valence-electron chi connectivity index (χ3n) is 4.06. The van der Waals surface area contributed by atoms with Crippen molar-refractivity contribution in [2.75, 3.05) is 6.26 Å². The van der Waals surface area contributed by atoms with Crippen molar-refractivity contribution in [2.24, 2.45) is 0 Å². The maximum atomic E-state index is 11.8. The fourth-order valence-electron chi connectivity index (χ4n) is 2.65. The van der Waals surface area contributed by atoms with Gasteiger partial charge < -0.3 is 0 Å². The van der Waals surface area contributed by atoms with E-state index < -0.39 is 9.84 Å². The van der Waals surface area contributed by atoms with E-state index in [1.165, 1.54) is 18.0 Å². The first-order valence-corrected chi connectivity index (χ1v) is 11.6. The van der Waals surface area contributed by atoms with E-state index in [1.807, 2.05) is 30.5 Å². The minimum Gasteiger partial charge on any atom is -0.259 e. The molecule has 2 aromatic carbocycles. The fourth-order valence-corrected chi connectivity index (χ4v) is 4.34. The van der Waals surface area contributed by atoms with Crippen LogP contribution in [0.25, 0.3) is 17.1 Å². The highest BCUT2D eigenvalue weighted by Gasteiger charge is 2.16. The zero-order valence-corrected chi connectivity index (χ0v) is 17.6. The summed E-state index contributed by atoms with van der Waals surface area (Å²) in [6, 6.07) is 14.2. The van der Waals surface area contributed by atoms with Gasteiger partial charge in [-0.15, -0.1) is 0 Å². The van der Waals surface area contributed by atoms with Gasteiger partial charge in [0.1, 0.15) is 5.69 Å². The first-order chi connectivity index (χ1) is 13.9. The van der Waals surface area contributed by atoms with Gasteiger partial charge in [0.05, 0.1) is 16.0 Å². The van der Waals surface area contributed by atoms with E-state index in [9.17, 15) is 8.42 Å². The monoisotopic (exact) mass is 442 g/mol. The number of hydrogen-bond acceptors (Lipinski definition) is 6. The molecule has 0 saturated carbocycles. The standard InChI is InChI=1S/C20H15ClN4O2S2/c1-29(26,27)17-8-2-14(3-9-17)20-18(28-16-6-4-15(21)5-7-16)13-25(24-20)19-12-22-10-11-23-19/h2-13H,1H3. The number of nitrogens with zero attached hydrogens (tertiary/aromatic N) is 4. The van der Waals surface area contributed by atoms with Crippen LogP contribution in [0, 0.1) is 0 Å². The van der Waals surface area contributed by atoms with Crippen LogP contribution in [0.2, 0.25) is 5.02 Å². The van der Waals surface area contributed by atoms with Crippen LogP contribution in [0.3, 0.4) is 0 Å². The van der Waals surface area contributed by atoms with Gasteiger partial charge in [-0.3, -0.25) is 4.98 Å². The molecule has 146 valence electrons. The molecule has 2 heterocycles. The van der Waals surface area contributed by atoms with Crippen LogP contribution >= 0.6 is 23.4 Å². The summed E-state index contributed by atoms with van der Waals surface area (Å²) in [5.74, 6) is 0.587. The van der Waals surface area contributed by atoms with E-state index in [0.29, 0.717) is 10.8 Å². The minimum atomic E-state index is -3.26. The zero-order valence-electron chi connectivity index (χ0n) is 15.2. The summed E-state index contributed by atoms with van der Waals surface area (Å²) in [5.41, 5.74) is 1.52. The number of sulfone groups is 1. The second-order valence-electron chi connectivity index (χ2n) is 6.20. The van der Waals surface area contributed by atoms with Crippen LogP contribution in [0.5, 0.6) is 0 Å². The van der Waals surface area contributed by atoms with Gasteiger partial charge in [0.25, 0.3) is 0 Å². The molecule has 0 spiro atoms. The summed E-state index contributed by atoms with van der Waals surface area (Å²) in [6.07, 6.45) is 7.89. The average Bonchev–Trinajstić information content (AvgIpc) is 3.14. The van der Waals surface area contributed by atoms with E-state index in [4.69, 9.17) is 11.6 Å². The molecule has 0 saturated heterocycles. The first kappa shape index (κ1) is 19.6. The van der Waals surface area contributed by atoms with E-state index in [1.54, 1.807) is 47.5 Å². The largest absolute Gasteiger partial charge is 0.259 e. The van der Waals surface area contributed by atoms with Crippen molar-refractivity contribution in [1.82, 2.24) is 19.7 Å². The minimum absolute atomic E-state index is 0.265. The van der Waals surface area contributed by atoms with Gasteiger partial charge in [0.2, 0.25) is 0 Å². The predicted molar refractivity (Wildman–Crippen MR) is 113 cm³/mol. The van der Waals surface area contributed by atoms with Gasteiger partial charge in [0.15, 0.2) is 15.7 Å². The highest BCUT2D eigenvalue weighted by atomic mass is 35.5. The maximum absolute atomic E-state index is 11.8. The summed E-state index contributed by atoms with van der Waals surface area (Å²) in [7, 11) is -3.26. The Kier molecular flexibility index (Phi) is 5.40. The molecule has 0 bridgehead atoms. The zero-order chi connectivity index (χ0) is 20.4. The highest BCUT2D eigenvalue weighted by molar-refractivity contribution is 7.99. The second kappa shape index (κ2) is 7.98. The van der Waals surface area contributed by atoms with Gasteiger partial charge in [-0.25, -0.2) is 18.1 Å². The molecule has 0 amide bonds. The molecule has 0 radical (unpaired) electrons. The number of benzene rings is 2. The smallest absolute Gasteiger partial charge is 0.175 e. The Labute approximate surface area is 177 Å². The number of halogens is 1. The number of rotatable bonds is 5. The Bertz CT molecular complexity index is 1240. The van der Waals surface area contributed by atoms with Gasteiger partial charge in [0, 0.05) is 40.3 Å². The second-order valence-corrected chi connectivity index (χ2v) is 9.77. The first-order valence-electron chi connectivity index (χ1n) is 8.50. The topological polar surface area (TPSA) is 77.7 Å². The average molecular weight is 443 g/mol. The van der Waals surface area contributed by atoms with E-state index in [0.717, 1.165) is 21.0 Å². The molecule has 0 aliphatic carbocycles. The van der Waals surface area contributed by atoms with Gasteiger partial charge in [-0.2, -0.15) is 5.10 Å². The Morgan fingerprint density at radius 1 is 1.00 bits per heavy atom. The Hall–Kier alpha value is -2.68. The lowest BCUT2D eigenvalue weighted by molar-refractivity contribution is 0.602. The quantitative estimate of drug-likeness (QED) is 0.451. The van der Waals surface area contributed by atoms with Crippen molar-refractivity contribution in [1.29, 1.82) is 0 Å². The molecule has 0 N–H and O–H groups in total. The van der Waals surface area contributed by atoms with Crippen LogP contribution in [0.4, 0.5) is 0 Å². The third kappa shape index (κ3) is 4.50. The third-order valence-corrected chi connectivity index (χ3v) is 6.47. The van der Waals surface area contributed by atoms with Crippen molar-refractivity contribution in [3.8, 4) is 17.1 Å². The number of aromatic nitrogens is 4. The molecular formula is C20H15ClN4O2S2. The van der Waals surface area contributed by atoms with Crippen LogP contribution in [0.15, 0.2) is 88.0 Å². The Morgan fingerprint density at radius 3 is 2.34 bits per heavy atom. The Balaban J connectivity index is 1.78. The van der Waals surface area contributed by atoms with Gasteiger partial charge >= 0.3 is 0 Å². The van der Waals surface area contributed by atoms with Crippen molar-refractivity contribution in [3.05, 3.63) is 78.3 Å². The predicted octanol–water partition coefficient (Wildman–Crippen LogP) is 4.54. The molecule has 2 aromatic heterocycles. The highest BCUT2D eigenvalue weighted by Crippen LogP contribution is 2.36. The van der Waals surface area contributed by atoms with Crippen molar-refractivity contribution >= 4 is 33.2 Å². The molecule has 4 rings (SSSR count). The van der Waals surface area contributed by atoms with E-state index in [2.05, 4.69) is 15.1 Å². The van der Waals surface area contributed by atoms with Gasteiger partial charge in [-0.1, -0.05) is 35.5 Å². The summed E-state index contributed by atoms with van der Waals surface area (Å²) < 4.78 is 25.2. The lowest BCUT2D eigenvalue weighted by Gasteiger charge is -2.04. The summed E-state index contributed by atoms with van der Waals surface area (Å²) in [6.45, 7) is 0. The Morgan fingerprint density at radius 2 is 1.72 bits per heavy atom. The van der Waals surface area contributed by atoms with Crippen molar-refractivity contribution in [2.45, 2.75) is 14.7 Å². The van der Waals surface area contributed by atoms with Crippen LogP contribution in [0.1, 0.15) is 0 Å². The van der Waals surface area contributed by atoms with Crippen molar-refractivity contribution < 1.29 is 8.42 Å². The normalized spacial score (nSPS) is 11.5. The molecule has 0 unspecified atom stereocenters. The lowest BCUT2D eigenvalue weighted by Crippen LogP contribution is -1.98. The van der Waals surface area contributed by atoms with Crippen LogP contribution in [-0.2, 0) is 9.84 Å². The molecule has 4 aromatic rings. The van der Waals surface area contributed by atoms with Crippen LogP contribution in [-0.4, -0.2) is 34.4 Å². The molecule has 0 atom stereocenters. The maximum Gasteiger partial charge on any atom is 0.175 e. The fraction of sp³-hybridized carbons (Fsp3) is 0.0500. The molecule has 6 nitrogen and oxygen atoms in total. The molecule has 0 fully saturated rings. The lowest BCUT2D eigenvalue weighted by atomic mass is 10.2. The van der Waals surface area contributed by atoms with E-state index in [-0.39, 0.29) is 4.90 Å². The molecule has 9 heteroatoms. The molecule has 0 aliphatic rings. The summed E-state index contributed by atoms with van der Waals surface area (Å²) >= 11 is 7.52. The number of hydrogen-bond donors (Lipinski definition) is 0. The molecule has 0 aliphatic heterocycles. The molecule has 29 heavy (non-hydrogen) atoms.